The van der Waals surface area contributed by atoms with E-state index in [-0.39, 0.29) is 11.4 Å². The van der Waals surface area contributed by atoms with Crippen molar-refractivity contribution in [3.63, 3.8) is 0 Å². The summed E-state index contributed by atoms with van der Waals surface area (Å²) in [6.07, 6.45) is 1.16. The summed E-state index contributed by atoms with van der Waals surface area (Å²) in [5, 5.41) is 9.97. The van der Waals surface area contributed by atoms with E-state index in [2.05, 4.69) is 4.98 Å². The van der Waals surface area contributed by atoms with E-state index in [1.54, 1.807) is 18.2 Å². The van der Waals surface area contributed by atoms with Crippen LogP contribution in [0.5, 0.6) is 5.75 Å². The Bertz CT molecular complexity index is 513. The molecule has 0 atom stereocenters. The number of hydrogen-bond acceptors (Lipinski definition) is 3. The number of aromatic nitrogens is 1. The van der Waals surface area contributed by atoms with Gasteiger partial charge < -0.3 is 10.1 Å². The minimum Gasteiger partial charge on any atom is -0.505 e. The van der Waals surface area contributed by atoms with E-state index in [4.69, 9.17) is 0 Å². The van der Waals surface area contributed by atoms with Crippen molar-refractivity contribution in [2.75, 3.05) is 0 Å². The summed E-state index contributed by atoms with van der Waals surface area (Å²) in [6.45, 7) is 0. The SMILES string of the molecule is O=Cc1[nH]c2cccc(C=O)c2c1O. The van der Waals surface area contributed by atoms with Gasteiger partial charge in [-0.25, -0.2) is 0 Å². The van der Waals surface area contributed by atoms with Crippen molar-refractivity contribution in [3.05, 3.63) is 29.5 Å². The molecule has 4 heteroatoms. The van der Waals surface area contributed by atoms with Crippen LogP contribution in [0.2, 0.25) is 0 Å². The van der Waals surface area contributed by atoms with Crippen LogP contribution in [-0.4, -0.2) is 22.7 Å². The quantitative estimate of drug-likeness (QED) is 0.703. The number of rotatable bonds is 2. The van der Waals surface area contributed by atoms with Crippen molar-refractivity contribution in [2.24, 2.45) is 0 Å². The van der Waals surface area contributed by atoms with Crippen LogP contribution < -0.4 is 0 Å². The van der Waals surface area contributed by atoms with E-state index >= 15 is 0 Å². The Labute approximate surface area is 79.2 Å². The van der Waals surface area contributed by atoms with Crippen LogP contribution in [0.1, 0.15) is 20.8 Å². The average Bonchev–Trinajstić information content (AvgIpc) is 2.55. The molecule has 0 saturated carbocycles. The molecule has 0 aliphatic rings. The third-order valence-electron chi connectivity index (χ3n) is 2.10. The zero-order valence-corrected chi connectivity index (χ0v) is 7.15. The predicted octanol–water partition coefficient (Wildman–Crippen LogP) is 1.50. The van der Waals surface area contributed by atoms with E-state index < -0.39 is 0 Å². The Balaban J connectivity index is 2.92. The lowest BCUT2D eigenvalue weighted by Gasteiger charge is -1.93. The third kappa shape index (κ3) is 1.01. The molecular weight excluding hydrogens is 182 g/mol. The maximum absolute atomic E-state index is 10.7. The Morgan fingerprint density at radius 3 is 2.64 bits per heavy atom. The minimum absolute atomic E-state index is 0.0919. The lowest BCUT2D eigenvalue weighted by molar-refractivity contribution is 0.111. The number of H-pyrrole nitrogens is 1. The summed E-state index contributed by atoms with van der Waals surface area (Å²) in [6, 6.07) is 4.95. The fourth-order valence-corrected chi connectivity index (χ4v) is 1.46. The number of aromatic amines is 1. The van der Waals surface area contributed by atoms with Crippen molar-refractivity contribution in [1.82, 2.24) is 4.98 Å². The van der Waals surface area contributed by atoms with Gasteiger partial charge in [0.1, 0.15) is 5.69 Å². The van der Waals surface area contributed by atoms with E-state index in [1.165, 1.54) is 0 Å². The van der Waals surface area contributed by atoms with Gasteiger partial charge >= 0.3 is 0 Å². The molecule has 1 aromatic heterocycles. The molecule has 1 aromatic carbocycles. The second-order valence-corrected chi connectivity index (χ2v) is 2.89. The Kier molecular flexibility index (Phi) is 1.81. The highest BCUT2D eigenvalue weighted by atomic mass is 16.3. The van der Waals surface area contributed by atoms with Gasteiger partial charge in [0.2, 0.25) is 0 Å². The molecule has 1 heterocycles. The largest absolute Gasteiger partial charge is 0.505 e. The molecule has 0 spiro atoms. The molecule has 0 bridgehead atoms. The standard InChI is InChI=1S/C10H7NO3/c12-4-6-2-1-3-7-9(6)10(14)8(5-13)11-7/h1-5,11,14H. The molecule has 2 aromatic rings. The summed E-state index contributed by atoms with van der Waals surface area (Å²) >= 11 is 0. The highest BCUT2D eigenvalue weighted by Crippen LogP contribution is 2.29. The zero-order valence-electron chi connectivity index (χ0n) is 7.15. The molecule has 0 aliphatic carbocycles. The van der Waals surface area contributed by atoms with E-state index in [9.17, 15) is 14.7 Å². The summed E-state index contributed by atoms with van der Waals surface area (Å²) in [5.74, 6) is -0.169. The lowest BCUT2D eigenvalue weighted by atomic mass is 10.1. The summed E-state index contributed by atoms with van der Waals surface area (Å²) in [7, 11) is 0. The summed E-state index contributed by atoms with van der Waals surface area (Å²) in [5.41, 5.74) is 1.04. The number of hydrogen-bond donors (Lipinski definition) is 2. The normalized spacial score (nSPS) is 10.3. The molecule has 0 amide bonds. The topological polar surface area (TPSA) is 70.2 Å². The van der Waals surface area contributed by atoms with Gasteiger partial charge in [-0.1, -0.05) is 12.1 Å². The Morgan fingerprint density at radius 1 is 1.21 bits per heavy atom. The maximum Gasteiger partial charge on any atom is 0.170 e. The van der Waals surface area contributed by atoms with Crippen LogP contribution in [-0.2, 0) is 0 Å². The van der Waals surface area contributed by atoms with E-state index in [0.29, 0.717) is 29.0 Å². The number of carbonyl (C=O) groups is 2. The second-order valence-electron chi connectivity index (χ2n) is 2.89. The van der Waals surface area contributed by atoms with Crippen molar-refractivity contribution >= 4 is 23.5 Å². The number of aromatic hydroxyl groups is 1. The molecule has 0 aliphatic heterocycles. The first-order valence-corrected chi connectivity index (χ1v) is 4.02. The van der Waals surface area contributed by atoms with E-state index in [1.807, 2.05) is 0 Å². The first kappa shape index (κ1) is 8.50. The minimum atomic E-state index is -0.169. The number of nitrogens with one attached hydrogen (secondary N) is 1. The number of carbonyl (C=O) groups excluding carboxylic acids is 2. The van der Waals surface area contributed by atoms with Gasteiger partial charge in [0, 0.05) is 5.56 Å². The molecule has 4 nitrogen and oxygen atoms in total. The molecule has 70 valence electrons. The van der Waals surface area contributed by atoms with Crippen molar-refractivity contribution < 1.29 is 14.7 Å². The van der Waals surface area contributed by atoms with Gasteiger partial charge in [-0.05, 0) is 6.07 Å². The highest BCUT2D eigenvalue weighted by Gasteiger charge is 2.12. The van der Waals surface area contributed by atoms with Gasteiger partial charge in [0.05, 0.1) is 10.9 Å². The zero-order chi connectivity index (χ0) is 10.1. The maximum atomic E-state index is 10.7. The van der Waals surface area contributed by atoms with Crippen LogP contribution >= 0.6 is 0 Å². The first-order chi connectivity index (χ1) is 6.77. The van der Waals surface area contributed by atoms with Crippen molar-refractivity contribution in [2.45, 2.75) is 0 Å². The molecule has 0 fully saturated rings. The van der Waals surface area contributed by atoms with Gasteiger partial charge in [-0.3, -0.25) is 9.59 Å². The fourth-order valence-electron chi connectivity index (χ4n) is 1.46. The predicted molar refractivity (Wildman–Crippen MR) is 50.7 cm³/mol. The highest BCUT2D eigenvalue weighted by molar-refractivity contribution is 6.04. The molecule has 0 unspecified atom stereocenters. The number of benzene rings is 1. The molecule has 0 radical (unpaired) electrons. The van der Waals surface area contributed by atoms with E-state index in [0.717, 1.165) is 0 Å². The van der Waals surface area contributed by atoms with Crippen LogP contribution in [0.3, 0.4) is 0 Å². The lowest BCUT2D eigenvalue weighted by Crippen LogP contribution is -1.79. The fraction of sp³-hybridized carbons (Fsp3) is 0. The van der Waals surface area contributed by atoms with Crippen molar-refractivity contribution in [1.29, 1.82) is 0 Å². The summed E-state index contributed by atoms with van der Waals surface area (Å²) in [4.78, 5) is 23.9. The van der Waals surface area contributed by atoms with Crippen LogP contribution in [0, 0.1) is 0 Å². The first-order valence-electron chi connectivity index (χ1n) is 4.02. The monoisotopic (exact) mass is 189 g/mol. The van der Waals surface area contributed by atoms with Gasteiger partial charge in [-0.2, -0.15) is 0 Å². The van der Waals surface area contributed by atoms with Crippen molar-refractivity contribution in [3.8, 4) is 5.75 Å². The number of fused-ring (bicyclic) bond motifs is 1. The van der Waals surface area contributed by atoms with Crippen LogP contribution in [0.25, 0.3) is 10.9 Å². The number of aldehydes is 2. The summed E-state index contributed by atoms with van der Waals surface area (Å²) < 4.78 is 0. The molecular formula is C10H7NO3. The van der Waals surface area contributed by atoms with Gasteiger partial charge in [0.25, 0.3) is 0 Å². The average molecular weight is 189 g/mol. The Morgan fingerprint density at radius 2 is 2.00 bits per heavy atom. The van der Waals surface area contributed by atoms with Crippen LogP contribution in [0.4, 0.5) is 0 Å². The molecule has 0 saturated heterocycles. The Hall–Kier alpha value is -2.10. The molecule has 2 N–H and O–H groups in total. The molecule has 14 heavy (non-hydrogen) atoms. The molecule has 2 rings (SSSR count). The smallest absolute Gasteiger partial charge is 0.170 e. The van der Waals surface area contributed by atoms with Crippen LogP contribution in [0.15, 0.2) is 18.2 Å². The third-order valence-corrected chi connectivity index (χ3v) is 2.10. The van der Waals surface area contributed by atoms with Gasteiger partial charge in [0.15, 0.2) is 18.3 Å². The second kappa shape index (κ2) is 2.99. The van der Waals surface area contributed by atoms with Gasteiger partial charge in [-0.15, -0.1) is 0 Å².